The molecule has 0 spiro atoms. The summed E-state index contributed by atoms with van der Waals surface area (Å²) in [5.41, 5.74) is 2.61. The number of amides is 1. The minimum Gasteiger partial charge on any atom is -0.309 e. The van der Waals surface area contributed by atoms with Gasteiger partial charge in [-0.3, -0.25) is 19.8 Å². The van der Waals surface area contributed by atoms with Gasteiger partial charge in [0, 0.05) is 24.8 Å². The second-order valence-corrected chi connectivity index (χ2v) is 8.31. The van der Waals surface area contributed by atoms with Crippen LogP contribution in [0, 0.1) is 17.0 Å². The third kappa shape index (κ3) is 6.58. The predicted octanol–water partition coefficient (Wildman–Crippen LogP) is 4.93. The average molecular weight is 461 g/mol. The lowest BCUT2D eigenvalue weighted by Gasteiger charge is -2.19. The van der Waals surface area contributed by atoms with Crippen molar-refractivity contribution in [2.75, 3.05) is 32.1 Å². The number of carbonyl (C=O) groups excluding carboxylic acids is 1. The maximum atomic E-state index is 13.0. The summed E-state index contributed by atoms with van der Waals surface area (Å²) in [6.45, 7) is 3.41. The van der Waals surface area contributed by atoms with Gasteiger partial charge in [0.1, 0.15) is 0 Å². The number of carbonyl (C=O) groups is 1. The lowest BCUT2D eigenvalue weighted by molar-refractivity contribution is -0.384. The van der Waals surface area contributed by atoms with Crippen LogP contribution in [0.5, 0.6) is 0 Å². The van der Waals surface area contributed by atoms with Crippen molar-refractivity contribution < 1.29 is 9.72 Å². The van der Waals surface area contributed by atoms with Crippen LogP contribution in [0.2, 0.25) is 0 Å². The van der Waals surface area contributed by atoms with E-state index in [9.17, 15) is 14.9 Å². The van der Waals surface area contributed by atoms with Gasteiger partial charge in [0.15, 0.2) is 5.13 Å². The summed E-state index contributed by atoms with van der Waals surface area (Å²) in [6.07, 6.45) is 3.86. The number of halogens is 1. The molecule has 3 aromatic rings. The molecular formula is C22H25ClN4O3S. The van der Waals surface area contributed by atoms with Gasteiger partial charge in [-0.1, -0.05) is 29.5 Å². The summed E-state index contributed by atoms with van der Waals surface area (Å²) in [6, 6.07) is 12.2. The summed E-state index contributed by atoms with van der Waals surface area (Å²) < 4.78 is 1.04. The molecule has 0 atom stereocenters. The Morgan fingerprint density at radius 2 is 1.97 bits per heavy atom. The van der Waals surface area contributed by atoms with Gasteiger partial charge in [-0.05, 0) is 63.3 Å². The first-order valence-corrected chi connectivity index (χ1v) is 10.4. The molecule has 0 aliphatic carbocycles. The Hall–Kier alpha value is -2.81. The molecule has 0 aliphatic rings. The number of fused-ring (bicyclic) bond motifs is 1. The highest BCUT2D eigenvalue weighted by molar-refractivity contribution is 7.22. The van der Waals surface area contributed by atoms with Crippen LogP contribution in [-0.4, -0.2) is 47.9 Å². The maximum Gasteiger partial charge on any atom is 0.270 e. The van der Waals surface area contributed by atoms with E-state index in [0.29, 0.717) is 17.2 Å². The van der Waals surface area contributed by atoms with E-state index in [4.69, 9.17) is 0 Å². The van der Waals surface area contributed by atoms with E-state index in [0.717, 1.165) is 28.7 Å². The van der Waals surface area contributed by atoms with Crippen LogP contribution < -0.4 is 4.90 Å². The Labute approximate surface area is 191 Å². The number of rotatable bonds is 8. The Morgan fingerprint density at radius 3 is 2.68 bits per heavy atom. The van der Waals surface area contributed by atoms with E-state index in [1.54, 1.807) is 23.1 Å². The standard InChI is InChI=1S/C22H24N4O3S.ClH/c1-16-8-10-19-20(14-16)30-22(23-19)25(13-5-12-24(2)3)21(27)11-9-17-6-4-7-18(15-17)26(28)29;/h4,6-11,14-15H,5,12-13H2,1-3H3;1H. The highest BCUT2D eigenvalue weighted by atomic mass is 35.5. The number of thiazole rings is 1. The lowest BCUT2D eigenvalue weighted by atomic mass is 10.2. The van der Waals surface area contributed by atoms with E-state index >= 15 is 0 Å². The van der Waals surface area contributed by atoms with Crippen LogP contribution in [0.1, 0.15) is 17.5 Å². The summed E-state index contributed by atoms with van der Waals surface area (Å²) in [5.74, 6) is -0.198. The SMILES string of the molecule is Cc1ccc2nc(N(CCCN(C)C)C(=O)C=Cc3cccc([N+](=O)[O-])c3)sc2c1.Cl. The van der Waals surface area contributed by atoms with Crippen molar-refractivity contribution in [3.8, 4) is 0 Å². The van der Waals surface area contributed by atoms with Gasteiger partial charge in [0.2, 0.25) is 0 Å². The van der Waals surface area contributed by atoms with Crippen molar-refractivity contribution in [3.05, 3.63) is 69.8 Å². The third-order valence-electron chi connectivity index (χ3n) is 4.52. The van der Waals surface area contributed by atoms with Gasteiger partial charge in [-0.25, -0.2) is 4.98 Å². The van der Waals surface area contributed by atoms with Crippen LogP contribution >= 0.6 is 23.7 Å². The Balaban J connectivity index is 0.00000341. The van der Waals surface area contributed by atoms with E-state index in [2.05, 4.69) is 16.0 Å². The third-order valence-corrected chi connectivity index (χ3v) is 5.56. The number of aryl methyl sites for hydroxylation is 1. The van der Waals surface area contributed by atoms with E-state index in [1.165, 1.54) is 29.5 Å². The summed E-state index contributed by atoms with van der Waals surface area (Å²) in [5, 5.41) is 11.6. The predicted molar refractivity (Wildman–Crippen MR) is 129 cm³/mol. The smallest absolute Gasteiger partial charge is 0.270 e. The molecule has 3 rings (SSSR count). The van der Waals surface area contributed by atoms with Crippen molar-refractivity contribution in [2.45, 2.75) is 13.3 Å². The summed E-state index contributed by atoms with van der Waals surface area (Å²) >= 11 is 1.49. The number of anilines is 1. The largest absolute Gasteiger partial charge is 0.309 e. The minimum absolute atomic E-state index is 0. The number of nitro benzene ring substituents is 1. The molecule has 7 nitrogen and oxygen atoms in total. The molecular weight excluding hydrogens is 436 g/mol. The number of nitro groups is 1. The van der Waals surface area contributed by atoms with Crippen molar-refractivity contribution in [3.63, 3.8) is 0 Å². The van der Waals surface area contributed by atoms with Gasteiger partial charge in [-0.15, -0.1) is 12.4 Å². The molecule has 1 heterocycles. The normalized spacial score (nSPS) is 11.1. The lowest BCUT2D eigenvalue weighted by Crippen LogP contribution is -2.32. The molecule has 0 bridgehead atoms. The number of hydrogen-bond donors (Lipinski definition) is 0. The Kier molecular flexibility index (Phi) is 8.67. The van der Waals surface area contributed by atoms with Crippen LogP contribution in [0.4, 0.5) is 10.8 Å². The molecule has 31 heavy (non-hydrogen) atoms. The first-order valence-electron chi connectivity index (χ1n) is 9.59. The number of benzene rings is 2. The number of aromatic nitrogens is 1. The molecule has 0 unspecified atom stereocenters. The number of non-ortho nitro benzene ring substituents is 1. The quantitative estimate of drug-likeness (QED) is 0.270. The average Bonchev–Trinajstić information content (AvgIpc) is 3.12. The van der Waals surface area contributed by atoms with Crippen molar-refractivity contribution in [1.82, 2.24) is 9.88 Å². The van der Waals surface area contributed by atoms with Crippen LogP contribution in [-0.2, 0) is 4.79 Å². The highest BCUT2D eigenvalue weighted by Gasteiger charge is 2.18. The van der Waals surface area contributed by atoms with Crippen LogP contribution in [0.25, 0.3) is 16.3 Å². The fraction of sp³-hybridized carbons (Fsp3) is 0.273. The second kappa shape index (κ2) is 11.0. The number of hydrogen-bond acceptors (Lipinski definition) is 6. The first-order chi connectivity index (χ1) is 14.3. The van der Waals surface area contributed by atoms with Gasteiger partial charge < -0.3 is 4.90 Å². The fourth-order valence-electron chi connectivity index (χ4n) is 2.98. The zero-order chi connectivity index (χ0) is 21.7. The topological polar surface area (TPSA) is 79.6 Å². The van der Waals surface area contributed by atoms with Crippen molar-refractivity contribution in [1.29, 1.82) is 0 Å². The first kappa shape index (κ1) is 24.5. The molecule has 0 saturated carbocycles. The second-order valence-electron chi connectivity index (χ2n) is 7.30. The highest BCUT2D eigenvalue weighted by Crippen LogP contribution is 2.30. The van der Waals surface area contributed by atoms with Gasteiger partial charge >= 0.3 is 0 Å². The van der Waals surface area contributed by atoms with Crippen molar-refractivity contribution >= 4 is 56.8 Å². The molecule has 0 aliphatic heterocycles. The molecule has 1 amide bonds. The molecule has 0 fully saturated rings. The molecule has 0 saturated heterocycles. The fourth-order valence-corrected chi connectivity index (χ4v) is 4.08. The zero-order valence-electron chi connectivity index (χ0n) is 17.6. The number of nitrogens with zero attached hydrogens (tertiary/aromatic N) is 4. The van der Waals surface area contributed by atoms with Crippen molar-refractivity contribution in [2.24, 2.45) is 0 Å². The van der Waals surface area contributed by atoms with E-state index < -0.39 is 4.92 Å². The maximum absolute atomic E-state index is 13.0. The van der Waals surface area contributed by atoms with E-state index in [-0.39, 0.29) is 24.0 Å². The molecule has 164 valence electrons. The van der Waals surface area contributed by atoms with Gasteiger partial charge in [-0.2, -0.15) is 0 Å². The molecule has 1 aromatic heterocycles. The Morgan fingerprint density at radius 1 is 1.19 bits per heavy atom. The van der Waals surface area contributed by atoms with Crippen LogP contribution in [0.15, 0.2) is 48.5 Å². The molecule has 0 N–H and O–H groups in total. The summed E-state index contributed by atoms with van der Waals surface area (Å²) in [4.78, 5) is 31.9. The van der Waals surface area contributed by atoms with E-state index in [1.807, 2.05) is 33.2 Å². The monoisotopic (exact) mass is 460 g/mol. The molecule has 2 aromatic carbocycles. The summed E-state index contributed by atoms with van der Waals surface area (Å²) in [7, 11) is 3.99. The van der Waals surface area contributed by atoms with Crippen LogP contribution in [0.3, 0.4) is 0 Å². The zero-order valence-corrected chi connectivity index (χ0v) is 19.3. The van der Waals surface area contributed by atoms with Gasteiger partial charge in [0.25, 0.3) is 11.6 Å². The molecule has 9 heteroatoms. The molecule has 0 radical (unpaired) electrons. The minimum atomic E-state index is -0.449. The van der Waals surface area contributed by atoms with Gasteiger partial charge in [0.05, 0.1) is 15.1 Å². The Bertz CT molecular complexity index is 1100.